The van der Waals surface area contributed by atoms with Crippen molar-refractivity contribution in [1.82, 2.24) is 10.3 Å². The van der Waals surface area contributed by atoms with Gasteiger partial charge in [-0.2, -0.15) is 0 Å². The fraction of sp³-hybridized carbons (Fsp3) is 0.316. The molecule has 2 aromatic rings. The van der Waals surface area contributed by atoms with Gasteiger partial charge in [-0.05, 0) is 40.5 Å². The zero-order valence-electron chi connectivity index (χ0n) is 13.1. The van der Waals surface area contributed by atoms with Crippen LogP contribution in [0, 0.1) is 0 Å². The van der Waals surface area contributed by atoms with Crippen molar-refractivity contribution in [1.29, 1.82) is 0 Å². The molecule has 4 rings (SSSR count). The fourth-order valence-electron chi connectivity index (χ4n) is 3.20. The molecule has 0 aliphatic carbocycles. The van der Waals surface area contributed by atoms with Gasteiger partial charge in [0.1, 0.15) is 5.82 Å². The lowest BCUT2D eigenvalue weighted by Gasteiger charge is -2.09. The maximum Gasteiger partial charge on any atom is 0.129 e. The van der Waals surface area contributed by atoms with Crippen LogP contribution in [0.3, 0.4) is 0 Å². The normalized spacial score (nSPS) is 16.1. The van der Waals surface area contributed by atoms with E-state index in [0.717, 1.165) is 31.9 Å². The summed E-state index contributed by atoms with van der Waals surface area (Å²) in [4.78, 5) is 5.90. The standard InChI is InChI=1S/C19H21N3S/c1-2-16(23-11-1)13-20-12-14-3-5-15(6-4-14)17-7-9-21-19-18(17)8-10-22-19/h2-7,9,20H,1,8,10-13H2,(H,21,22). The zero-order chi connectivity index (χ0) is 15.5. The lowest BCUT2D eigenvalue weighted by molar-refractivity contribution is 0.755. The Morgan fingerprint density at radius 2 is 2.04 bits per heavy atom. The molecule has 3 nitrogen and oxygen atoms in total. The summed E-state index contributed by atoms with van der Waals surface area (Å²) >= 11 is 1.98. The number of anilines is 1. The molecule has 0 saturated heterocycles. The molecule has 2 N–H and O–H groups in total. The molecule has 0 saturated carbocycles. The molecule has 0 fully saturated rings. The van der Waals surface area contributed by atoms with E-state index in [9.17, 15) is 0 Å². The molecule has 3 heterocycles. The summed E-state index contributed by atoms with van der Waals surface area (Å²) in [5.41, 5.74) is 5.28. The van der Waals surface area contributed by atoms with E-state index in [1.807, 2.05) is 18.0 Å². The maximum atomic E-state index is 4.41. The van der Waals surface area contributed by atoms with E-state index in [4.69, 9.17) is 0 Å². The summed E-state index contributed by atoms with van der Waals surface area (Å²) in [6.45, 7) is 2.92. The lowest BCUT2D eigenvalue weighted by Crippen LogP contribution is -2.15. The molecule has 1 aromatic carbocycles. The summed E-state index contributed by atoms with van der Waals surface area (Å²) < 4.78 is 0. The number of pyridine rings is 1. The Labute approximate surface area is 141 Å². The van der Waals surface area contributed by atoms with Gasteiger partial charge in [0.25, 0.3) is 0 Å². The van der Waals surface area contributed by atoms with Crippen LogP contribution < -0.4 is 10.6 Å². The monoisotopic (exact) mass is 323 g/mol. The molecule has 1 aromatic heterocycles. The second-order valence-electron chi connectivity index (χ2n) is 5.97. The van der Waals surface area contributed by atoms with E-state index in [-0.39, 0.29) is 0 Å². The molecular formula is C19H21N3S. The van der Waals surface area contributed by atoms with Gasteiger partial charge in [0.05, 0.1) is 0 Å². The minimum atomic E-state index is 0.925. The second kappa shape index (κ2) is 6.77. The molecule has 0 amide bonds. The lowest BCUT2D eigenvalue weighted by atomic mass is 9.99. The fourth-order valence-corrected chi connectivity index (χ4v) is 4.14. The van der Waals surface area contributed by atoms with Gasteiger partial charge in [-0.1, -0.05) is 30.3 Å². The minimum absolute atomic E-state index is 0.925. The van der Waals surface area contributed by atoms with E-state index < -0.39 is 0 Å². The number of allylic oxidation sites excluding steroid dienone is 1. The van der Waals surface area contributed by atoms with Crippen molar-refractivity contribution in [3.63, 3.8) is 0 Å². The first kappa shape index (κ1) is 14.8. The van der Waals surface area contributed by atoms with Crippen molar-refractivity contribution in [2.75, 3.05) is 24.2 Å². The Morgan fingerprint density at radius 1 is 1.13 bits per heavy atom. The van der Waals surface area contributed by atoms with E-state index in [1.165, 1.54) is 39.3 Å². The van der Waals surface area contributed by atoms with E-state index in [0.29, 0.717) is 0 Å². The number of aromatic nitrogens is 1. The van der Waals surface area contributed by atoms with Gasteiger partial charge in [0.15, 0.2) is 0 Å². The highest BCUT2D eigenvalue weighted by molar-refractivity contribution is 8.03. The van der Waals surface area contributed by atoms with Crippen molar-refractivity contribution < 1.29 is 0 Å². The predicted octanol–water partition coefficient (Wildman–Crippen LogP) is 3.83. The first-order valence-corrected chi connectivity index (χ1v) is 9.22. The molecular weight excluding hydrogens is 302 g/mol. The third-order valence-electron chi connectivity index (χ3n) is 4.39. The van der Waals surface area contributed by atoms with Crippen LogP contribution in [-0.4, -0.2) is 23.8 Å². The topological polar surface area (TPSA) is 37.0 Å². The number of thioether (sulfide) groups is 1. The summed E-state index contributed by atoms with van der Waals surface area (Å²) in [5, 5.41) is 6.88. The van der Waals surface area contributed by atoms with Gasteiger partial charge in [0.2, 0.25) is 0 Å². The van der Waals surface area contributed by atoms with Crippen molar-refractivity contribution in [3.05, 3.63) is 58.6 Å². The molecule has 0 spiro atoms. The van der Waals surface area contributed by atoms with Crippen LogP contribution in [-0.2, 0) is 13.0 Å². The Kier molecular flexibility index (Phi) is 4.35. The Balaban J connectivity index is 1.43. The van der Waals surface area contributed by atoms with E-state index in [1.54, 1.807) is 0 Å². The maximum absolute atomic E-state index is 4.41. The number of nitrogens with one attached hydrogen (secondary N) is 2. The van der Waals surface area contributed by atoms with Gasteiger partial charge in [0, 0.05) is 37.1 Å². The Morgan fingerprint density at radius 3 is 2.87 bits per heavy atom. The Hall–Kier alpha value is -1.78. The predicted molar refractivity (Wildman–Crippen MR) is 98.7 cm³/mol. The highest BCUT2D eigenvalue weighted by Crippen LogP contribution is 2.31. The van der Waals surface area contributed by atoms with Crippen LogP contribution in [0.25, 0.3) is 11.1 Å². The number of hydrogen-bond acceptors (Lipinski definition) is 4. The van der Waals surface area contributed by atoms with Crippen molar-refractivity contribution in [2.45, 2.75) is 19.4 Å². The largest absolute Gasteiger partial charge is 0.369 e. The molecule has 2 aliphatic heterocycles. The number of benzene rings is 1. The van der Waals surface area contributed by atoms with Crippen LogP contribution in [0.2, 0.25) is 0 Å². The van der Waals surface area contributed by atoms with Crippen LogP contribution >= 0.6 is 11.8 Å². The van der Waals surface area contributed by atoms with Crippen LogP contribution in [0.4, 0.5) is 5.82 Å². The SMILES string of the molecule is C1=C(CNCc2ccc(-c3ccnc4c3CCN4)cc2)SCC1. The van der Waals surface area contributed by atoms with Crippen molar-refractivity contribution in [2.24, 2.45) is 0 Å². The second-order valence-corrected chi connectivity index (χ2v) is 7.19. The molecule has 0 bridgehead atoms. The average Bonchev–Trinajstić information content (AvgIpc) is 3.26. The summed E-state index contributed by atoms with van der Waals surface area (Å²) in [6.07, 6.45) is 6.53. The number of hydrogen-bond donors (Lipinski definition) is 2. The molecule has 4 heteroatoms. The van der Waals surface area contributed by atoms with Gasteiger partial charge in [-0.15, -0.1) is 11.8 Å². The Bertz CT molecular complexity index is 722. The minimum Gasteiger partial charge on any atom is -0.369 e. The van der Waals surface area contributed by atoms with Crippen molar-refractivity contribution in [3.8, 4) is 11.1 Å². The van der Waals surface area contributed by atoms with Gasteiger partial charge >= 0.3 is 0 Å². The van der Waals surface area contributed by atoms with Crippen LogP contribution in [0.15, 0.2) is 47.5 Å². The molecule has 0 radical (unpaired) electrons. The molecule has 23 heavy (non-hydrogen) atoms. The summed E-state index contributed by atoms with van der Waals surface area (Å²) in [6, 6.07) is 11.0. The summed E-state index contributed by atoms with van der Waals surface area (Å²) in [5.74, 6) is 2.30. The zero-order valence-corrected chi connectivity index (χ0v) is 14.0. The summed E-state index contributed by atoms with van der Waals surface area (Å²) in [7, 11) is 0. The average molecular weight is 323 g/mol. The smallest absolute Gasteiger partial charge is 0.129 e. The quantitative estimate of drug-likeness (QED) is 0.877. The molecule has 0 unspecified atom stereocenters. The molecule has 2 aliphatic rings. The third-order valence-corrected chi connectivity index (χ3v) is 5.52. The van der Waals surface area contributed by atoms with Crippen molar-refractivity contribution >= 4 is 17.6 Å². The molecule has 0 atom stereocenters. The van der Waals surface area contributed by atoms with Crippen LogP contribution in [0.5, 0.6) is 0 Å². The number of nitrogens with zero attached hydrogens (tertiary/aromatic N) is 1. The van der Waals surface area contributed by atoms with E-state index >= 15 is 0 Å². The molecule has 118 valence electrons. The van der Waals surface area contributed by atoms with Gasteiger partial charge in [-0.3, -0.25) is 0 Å². The highest BCUT2D eigenvalue weighted by Gasteiger charge is 2.15. The third kappa shape index (κ3) is 3.28. The van der Waals surface area contributed by atoms with E-state index in [2.05, 4.69) is 52.0 Å². The van der Waals surface area contributed by atoms with Crippen LogP contribution in [0.1, 0.15) is 17.5 Å². The van der Waals surface area contributed by atoms with Gasteiger partial charge < -0.3 is 10.6 Å². The number of rotatable bonds is 5. The highest BCUT2D eigenvalue weighted by atomic mass is 32.2. The first-order chi connectivity index (χ1) is 11.4. The van der Waals surface area contributed by atoms with Gasteiger partial charge in [-0.25, -0.2) is 4.98 Å². The number of fused-ring (bicyclic) bond motifs is 1. The first-order valence-electron chi connectivity index (χ1n) is 8.24.